The Morgan fingerprint density at radius 2 is 1.26 bits per heavy atom. The van der Waals surface area contributed by atoms with Crippen molar-refractivity contribution < 1.29 is 29.2 Å². The fourth-order valence-corrected chi connectivity index (χ4v) is 2.11. The second-order valence-corrected chi connectivity index (χ2v) is 4.57. The normalized spacial score (nSPS) is 43.7. The van der Waals surface area contributed by atoms with Gasteiger partial charge in [0, 0.05) is 12.8 Å². The molecular formula is C13H20O6. The van der Waals surface area contributed by atoms with Crippen LogP contribution in [-0.2, 0) is 18.9 Å². The zero-order valence-corrected chi connectivity index (χ0v) is 10.7. The molecule has 0 aromatic rings. The molecule has 2 heterocycles. The van der Waals surface area contributed by atoms with E-state index in [-0.39, 0.29) is 18.6 Å². The van der Waals surface area contributed by atoms with Crippen LogP contribution in [-0.4, -0.2) is 47.6 Å². The van der Waals surface area contributed by atoms with E-state index in [2.05, 4.69) is 13.2 Å². The highest BCUT2D eigenvalue weighted by Crippen LogP contribution is 2.26. The molecule has 0 saturated carbocycles. The first-order valence-electron chi connectivity index (χ1n) is 6.33. The molecule has 0 aromatic heterocycles. The zero-order valence-electron chi connectivity index (χ0n) is 10.7. The quantitative estimate of drug-likeness (QED) is 0.732. The molecule has 6 atom stereocenters. The molecular weight excluding hydrogens is 252 g/mol. The number of rotatable bonds is 4. The summed E-state index contributed by atoms with van der Waals surface area (Å²) in [5, 5.41) is 19.1. The van der Waals surface area contributed by atoms with E-state index in [4.69, 9.17) is 18.9 Å². The first-order valence-corrected chi connectivity index (χ1v) is 6.33. The van der Waals surface area contributed by atoms with Crippen LogP contribution in [0.1, 0.15) is 19.3 Å². The van der Waals surface area contributed by atoms with Crippen LogP contribution in [0.15, 0.2) is 25.3 Å². The Balaban J connectivity index is 1.88. The van der Waals surface area contributed by atoms with Crippen LogP contribution in [0.25, 0.3) is 0 Å². The minimum Gasteiger partial charge on any atom is -0.368 e. The summed E-state index contributed by atoms with van der Waals surface area (Å²) in [4.78, 5) is 0. The Bertz CT molecular complexity index is 290. The second kappa shape index (κ2) is 6.60. The van der Waals surface area contributed by atoms with Gasteiger partial charge in [0.05, 0.1) is 18.6 Å². The number of ether oxygens (including phenoxy) is 4. The van der Waals surface area contributed by atoms with Gasteiger partial charge >= 0.3 is 0 Å². The molecule has 6 nitrogen and oxygen atoms in total. The van der Waals surface area contributed by atoms with Crippen molar-refractivity contribution >= 4 is 0 Å². The molecule has 19 heavy (non-hydrogen) atoms. The molecule has 2 fully saturated rings. The summed E-state index contributed by atoms with van der Waals surface area (Å²) in [5.74, 6) is 0. The maximum absolute atomic E-state index is 9.56. The van der Waals surface area contributed by atoms with Crippen molar-refractivity contribution in [2.45, 2.75) is 56.6 Å². The van der Waals surface area contributed by atoms with Crippen LogP contribution in [0.4, 0.5) is 0 Å². The summed E-state index contributed by atoms with van der Waals surface area (Å²) < 4.78 is 21.6. The summed E-state index contributed by atoms with van der Waals surface area (Å²) in [6.45, 7) is 7.26. The first-order chi connectivity index (χ1) is 9.10. The van der Waals surface area contributed by atoms with Crippen molar-refractivity contribution in [3.63, 3.8) is 0 Å². The van der Waals surface area contributed by atoms with Gasteiger partial charge in [-0.25, -0.2) is 0 Å². The summed E-state index contributed by atoms with van der Waals surface area (Å²) in [7, 11) is 0. The molecule has 2 aliphatic heterocycles. The predicted octanol–water partition coefficient (Wildman–Crippen LogP) is 0.648. The fourth-order valence-electron chi connectivity index (χ4n) is 2.11. The Kier molecular flexibility index (Phi) is 5.09. The number of aliphatic hydroxyl groups excluding tert-OH is 2. The Hall–Kier alpha value is -0.760. The van der Waals surface area contributed by atoms with E-state index in [1.165, 1.54) is 0 Å². The number of hydrogen-bond acceptors (Lipinski definition) is 6. The van der Waals surface area contributed by atoms with Crippen LogP contribution >= 0.6 is 0 Å². The molecule has 0 amide bonds. The van der Waals surface area contributed by atoms with Gasteiger partial charge in [0.15, 0.2) is 25.2 Å². The third-order valence-electron chi connectivity index (χ3n) is 3.05. The van der Waals surface area contributed by atoms with Gasteiger partial charge in [-0.1, -0.05) is 12.2 Å². The smallest absolute Gasteiger partial charge is 0.166 e. The first kappa shape index (κ1) is 14.6. The fraction of sp³-hybridized carbons (Fsp3) is 0.692. The van der Waals surface area contributed by atoms with Gasteiger partial charge in [0.1, 0.15) is 0 Å². The highest BCUT2D eigenvalue weighted by atomic mass is 16.8. The third kappa shape index (κ3) is 4.10. The van der Waals surface area contributed by atoms with Crippen molar-refractivity contribution in [1.82, 2.24) is 0 Å². The van der Waals surface area contributed by atoms with Crippen LogP contribution in [0.2, 0.25) is 0 Å². The molecule has 0 spiro atoms. The summed E-state index contributed by atoms with van der Waals surface area (Å²) >= 11 is 0. The van der Waals surface area contributed by atoms with Crippen molar-refractivity contribution in [2.75, 3.05) is 0 Å². The van der Waals surface area contributed by atoms with E-state index in [0.717, 1.165) is 0 Å². The van der Waals surface area contributed by atoms with E-state index < -0.39 is 25.2 Å². The monoisotopic (exact) mass is 272 g/mol. The predicted molar refractivity (Wildman–Crippen MR) is 65.8 cm³/mol. The highest BCUT2D eigenvalue weighted by Gasteiger charge is 2.34. The van der Waals surface area contributed by atoms with E-state index in [9.17, 15) is 10.2 Å². The zero-order chi connectivity index (χ0) is 13.8. The van der Waals surface area contributed by atoms with Gasteiger partial charge in [0.2, 0.25) is 0 Å². The van der Waals surface area contributed by atoms with Gasteiger partial charge in [0.25, 0.3) is 0 Å². The Labute approximate surface area is 112 Å². The molecule has 2 N–H and O–H groups in total. The van der Waals surface area contributed by atoms with E-state index in [1.807, 2.05) is 0 Å². The lowest BCUT2D eigenvalue weighted by Gasteiger charge is -2.37. The van der Waals surface area contributed by atoms with Crippen molar-refractivity contribution in [3.8, 4) is 0 Å². The van der Waals surface area contributed by atoms with E-state index in [0.29, 0.717) is 12.8 Å². The van der Waals surface area contributed by atoms with E-state index >= 15 is 0 Å². The van der Waals surface area contributed by atoms with Gasteiger partial charge in [-0.3, -0.25) is 0 Å². The average Bonchev–Trinajstić information content (AvgIpc) is 2.37. The van der Waals surface area contributed by atoms with Gasteiger partial charge in [-0.15, -0.1) is 13.2 Å². The maximum atomic E-state index is 9.56. The molecule has 0 unspecified atom stereocenters. The Morgan fingerprint density at radius 1 is 0.842 bits per heavy atom. The average molecular weight is 272 g/mol. The molecule has 108 valence electrons. The molecule has 0 radical (unpaired) electrons. The maximum Gasteiger partial charge on any atom is 0.166 e. The van der Waals surface area contributed by atoms with Crippen LogP contribution in [0, 0.1) is 0 Å². The second-order valence-electron chi connectivity index (χ2n) is 4.57. The third-order valence-corrected chi connectivity index (χ3v) is 3.05. The minimum atomic E-state index is -0.898. The van der Waals surface area contributed by atoms with Gasteiger partial charge in [-0.05, 0) is 0 Å². The van der Waals surface area contributed by atoms with Crippen LogP contribution in [0.5, 0.6) is 0 Å². The summed E-state index contributed by atoms with van der Waals surface area (Å²) in [6, 6.07) is 0. The molecule has 2 rings (SSSR count). The summed E-state index contributed by atoms with van der Waals surface area (Å²) in [5.41, 5.74) is 0. The topological polar surface area (TPSA) is 77.4 Å². The molecule has 0 aromatic carbocycles. The SMILES string of the molecule is C=C[C@H]1C[C@H](O)O[C@@H](C[C@H]2O[C@H](O)C[C@H](C=C)O2)O1. The minimum absolute atomic E-state index is 0.253. The van der Waals surface area contributed by atoms with Crippen LogP contribution in [0.3, 0.4) is 0 Å². The van der Waals surface area contributed by atoms with Crippen molar-refractivity contribution in [3.05, 3.63) is 25.3 Å². The molecule has 2 saturated heterocycles. The Morgan fingerprint density at radius 3 is 1.63 bits per heavy atom. The number of hydrogen-bond donors (Lipinski definition) is 2. The molecule has 2 aliphatic rings. The molecule has 0 aliphatic carbocycles. The van der Waals surface area contributed by atoms with Gasteiger partial charge < -0.3 is 29.2 Å². The lowest BCUT2D eigenvalue weighted by molar-refractivity contribution is -0.333. The van der Waals surface area contributed by atoms with Gasteiger partial charge in [-0.2, -0.15) is 0 Å². The van der Waals surface area contributed by atoms with E-state index in [1.54, 1.807) is 12.2 Å². The largest absolute Gasteiger partial charge is 0.368 e. The van der Waals surface area contributed by atoms with Crippen molar-refractivity contribution in [2.24, 2.45) is 0 Å². The highest BCUT2D eigenvalue weighted by molar-refractivity contribution is 4.85. The van der Waals surface area contributed by atoms with Crippen molar-refractivity contribution in [1.29, 1.82) is 0 Å². The standard InChI is InChI=1S/C13H20O6/c1-3-8-5-10(14)18-12(16-8)7-13-17-9(4-2)6-11(15)19-13/h3-4,8-15H,1-2,5-7H2/t8-,9-,10-,11+,12+,13-/m0/s1. The number of aliphatic hydroxyl groups is 2. The molecule has 0 bridgehead atoms. The lowest BCUT2D eigenvalue weighted by Crippen LogP contribution is -2.43. The lowest BCUT2D eigenvalue weighted by atomic mass is 10.2. The van der Waals surface area contributed by atoms with Crippen LogP contribution < -0.4 is 0 Å². The molecule has 6 heteroatoms. The summed E-state index contributed by atoms with van der Waals surface area (Å²) in [6.07, 6.45) is 0.536.